The van der Waals surface area contributed by atoms with E-state index in [1.165, 1.54) is 82.2 Å². The monoisotopic (exact) mass is 688 g/mol. The molecular weight excluding hydrogens is 633 g/mol. The van der Waals surface area contributed by atoms with Crippen molar-refractivity contribution in [2.24, 2.45) is 0 Å². The summed E-state index contributed by atoms with van der Waals surface area (Å²) in [6, 6.07) is 47.5. The fraction of sp³-hybridized carbons (Fsp3) is 0.240. The summed E-state index contributed by atoms with van der Waals surface area (Å²) < 4.78 is 10.9. The molecule has 0 aromatic heterocycles. The second-order valence-electron chi connectivity index (χ2n) is 12.5. The van der Waals surface area contributed by atoms with Gasteiger partial charge in [0.05, 0.1) is 14.2 Å². The molecule has 0 saturated heterocycles. The van der Waals surface area contributed by atoms with Gasteiger partial charge in [-0.3, -0.25) is 0 Å². The van der Waals surface area contributed by atoms with E-state index in [0.29, 0.717) is 0 Å². The van der Waals surface area contributed by atoms with Gasteiger partial charge in [0.1, 0.15) is 11.5 Å². The molecule has 0 atom stereocenters. The normalized spacial score (nSPS) is 10.4. The van der Waals surface area contributed by atoms with E-state index in [9.17, 15) is 0 Å². The molecule has 0 fully saturated rings. The second-order valence-corrected chi connectivity index (χ2v) is 12.5. The third-order valence-corrected chi connectivity index (χ3v) is 9.26. The highest BCUT2D eigenvalue weighted by Gasteiger charge is 2.11. The summed E-state index contributed by atoms with van der Waals surface area (Å²) in [7, 11) is 3.46. The maximum Gasteiger partial charge on any atom is 0.126 e. The minimum absolute atomic E-state index is 0. The fourth-order valence-corrected chi connectivity index (χ4v) is 6.78. The lowest BCUT2D eigenvalue weighted by atomic mass is 9.94. The smallest absolute Gasteiger partial charge is 0.126 e. The molecule has 0 aliphatic heterocycles. The molecule has 0 unspecified atom stereocenters. The van der Waals surface area contributed by atoms with Gasteiger partial charge in [0.25, 0.3) is 0 Å². The molecule has 2 heteroatoms. The van der Waals surface area contributed by atoms with Gasteiger partial charge < -0.3 is 9.47 Å². The molecule has 0 bridgehead atoms. The fourth-order valence-electron chi connectivity index (χ4n) is 6.78. The number of hydrogen-bond donors (Lipinski definition) is 0. The predicted octanol–water partition coefficient (Wildman–Crippen LogP) is 15.1. The number of rotatable bonds is 4. The lowest BCUT2D eigenvalue weighted by Gasteiger charge is -2.12. The number of hydrogen-bond acceptors (Lipinski definition) is 2. The third kappa shape index (κ3) is 8.08. The Morgan fingerprint density at radius 3 is 0.923 bits per heavy atom. The average molecular weight is 689 g/mol. The van der Waals surface area contributed by atoms with Gasteiger partial charge in [0.15, 0.2) is 0 Å². The van der Waals surface area contributed by atoms with Crippen LogP contribution in [0.4, 0.5) is 0 Å². The summed E-state index contributed by atoms with van der Waals surface area (Å²) in [5.41, 5.74) is 2.86. The van der Waals surface area contributed by atoms with Crippen molar-refractivity contribution < 1.29 is 9.47 Å². The van der Waals surface area contributed by atoms with Crippen LogP contribution in [0.25, 0.3) is 64.6 Å². The number of benzene rings is 9. The first-order chi connectivity index (χ1) is 25.0. The minimum atomic E-state index is 0. The average Bonchev–Trinajstić information content (AvgIpc) is 3.20. The van der Waals surface area contributed by atoms with Gasteiger partial charge in [-0.15, -0.1) is 0 Å². The van der Waals surface area contributed by atoms with Gasteiger partial charge in [0, 0.05) is 21.5 Å². The van der Waals surface area contributed by atoms with Crippen LogP contribution in [0, 0.1) is 0 Å². The summed E-state index contributed by atoms with van der Waals surface area (Å²) in [6.07, 6.45) is 3.54. The molecule has 0 heterocycles. The number of ether oxygens (including phenoxy) is 2. The Morgan fingerprint density at radius 2 is 0.635 bits per heavy atom. The van der Waals surface area contributed by atoms with Crippen molar-refractivity contribution in [1.29, 1.82) is 0 Å². The van der Waals surface area contributed by atoms with Gasteiger partial charge >= 0.3 is 0 Å². The molecular formula is C50H56O2. The van der Waals surface area contributed by atoms with Crippen LogP contribution in [-0.2, 0) is 12.8 Å². The van der Waals surface area contributed by atoms with Crippen molar-refractivity contribution in [3.63, 3.8) is 0 Å². The van der Waals surface area contributed by atoms with Gasteiger partial charge in [-0.25, -0.2) is 0 Å². The maximum absolute atomic E-state index is 5.47. The highest BCUT2D eigenvalue weighted by atomic mass is 16.5. The van der Waals surface area contributed by atoms with Crippen molar-refractivity contribution >= 4 is 64.6 Å². The van der Waals surface area contributed by atoms with Crippen LogP contribution in [-0.4, -0.2) is 14.2 Å². The largest absolute Gasteiger partial charge is 0.496 e. The SMILES string of the molecule is C.CC.CCC.CCc1ccc(CC)cc1.COc1ccc2ccc3cccc4ccc1c2c34.COc1ccc2ccc3cccc4ccc1c2c34. The van der Waals surface area contributed by atoms with Gasteiger partial charge in [-0.05, 0) is 91.3 Å². The Balaban J connectivity index is 0.000000169. The Morgan fingerprint density at radius 1 is 0.365 bits per heavy atom. The van der Waals surface area contributed by atoms with Gasteiger partial charge in [-0.2, -0.15) is 0 Å². The molecule has 0 radical (unpaired) electrons. The first-order valence-corrected chi connectivity index (χ1v) is 18.5. The number of methoxy groups -OCH3 is 2. The van der Waals surface area contributed by atoms with Crippen LogP contribution in [0.1, 0.15) is 66.5 Å². The van der Waals surface area contributed by atoms with E-state index >= 15 is 0 Å². The Bertz CT molecular complexity index is 2220. The Hall–Kier alpha value is -5.34. The maximum atomic E-state index is 5.47. The van der Waals surface area contributed by atoms with Crippen molar-refractivity contribution in [1.82, 2.24) is 0 Å². The van der Waals surface area contributed by atoms with E-state index in [0.717, 1.165) is 24.3 Å². The lowest BCUT2D eigenvalue weighted by molar-refractivity contribution is 0.420. The second kappa shape index (κ2) is 18.8. The third-order valence-electron chi connectivity index (χ3n) is 9.26. The topological polar surface area (TPSA) is 18.5 Å². The zero-order chi connectivity index (χ0) is 36.3. The Labute approximate surface area is 311 Å². The van der Waals surface area contributed by atoms with Crippen molar-refractivity contribution in [3.05, 3.63) is 145 Å². The van der Waals surface area contributed by atoms with Gasteiger partial charge in [-0.1, -0.05) is 165 Å². The molecule has 0 saturated carbocycles. The van der Waals surface area contributed by atoms with Gasteiger partial charge in [0.2, 0.25) is 0 Å². The van der Waals surface area contributed by atoms with Crippen molar-refractivity contribution in [3.8, 4) is 11.5 Å². The quantitative estimate of drug-likeness (QED) is 0.171. The molecule has 2 nitrogen and oxygen atoms in total. The van der Waals surface area contributed by atoms with E-state index in [2.05, 4.69) is 149 Å². The summed E-state index contributed by atoms with van der Waals surface area (Å²) in [5.74, 6) is 1.89. The summed E-state index contributed by atoms with van der Waals surface area (Å²) in [4.78, 5) is 0. The van der Waals surface area contributed by atoms with Crippen LogP contribution in [0.2, 0.25) is 0 Å². The zero-order valence-corrected chi connectivity index (χ0v) is 31.6. The summed E-state index contributed by atoms with van der Waals surface area (Å²) in [5, 5.41) is 15.4. The molecule has 0 aliphatic carbocycles. The van der Waals surface area contributed by atoms with E-state index < -0.39 is 0 Å². The van der Waals surface area contributed by atoms with E-state index in [-0.39, 0.29) is 7.43 Å². The highest BCUT2D eigenvalue weighted by molar-refractivity contribution is 6.25. The summed E-state index contributed by atoms with van der Waals surface area (Å²) in [6.45, 7) is 12.6. The van der Waals surface area contributed by atoms with Crippen molar-refractivity contribution in [2.75, 3.05) is 14.2 Å². The van der Waals surface area contributed by atoms with Crippen LogP contribution in [0.3, 0.4) is 0 Å². The van der Waals surface area contributed by atoms with Crippen LogP contribution >= 0.6 is 0 Å². The zero-order valence-electron chi connectivity index (χ0n) is 31.6. The predicted molar refractivity (Wildman–Crippen MR) is 233 cm³/mol. The summed E-state index contributed by atoms with van der Waals surface area (Å²) >= 11 is 0. The Kier molecular flexibility index (Phi) is 14.2. The first-order valence-electron chi connectivity index (χ1n) is 18.5. The molecule has 0 spiro atoms. The minimum Gasteiger partial charge on any atom is -0.496 e. The van der Waals surface area contributed by atoms with E-state index in [4.69, 9.17) is 9.47 Å². The molecule has 0 aliphatic rings. The van der Waals surface area contributed by atoms with Crippen molar-refractivity contribution in [2.45, 2.75) is 68.2 Å². The molecule has 0 N–H and O–H groups in total. The van der Waals surface area contributed by atoms with Crippen LogP contribution in [0.15, 0.2) is 133 Å². The first kappa shape index (κ1) is 39.4. The molecule has 9 aromatic rings. The number of aryl methyl sites for hydroxylation is 2. The van der Waals surface area contributed by atoms with Crippen LogP contribution < -0.4 is 9.47 Å². The molecule has 268 valence electrons. The molecule has 9 rings (SSSR count). The molecule has 52 heavy (non-hydrogen) atoms. The molecule has 0 amide bonds. The molecule has 9 aromatic carbocycles. The van der Waals surface area contributed by atoms with Crippen LogP contribution in [0.5, 0.6) is 11.5 Å². The standard InChI is InChI=1S/2C17H12O.C10H14.C3H8.C2H6.CH4/c2*1-18-15-10-8-13-6-5-11-3-2-4-12-7-9-14(15)17(13)16(11)12;1-3-9-5-7-10(4-2)8-6-9;1-3-2;1-2;/h2*2-10H,1H3;5-8H,3-4H2,1-2H3;3H2,1-2H3;1-2H3;1H4. The van der Waals surface area contributed by atoms with E-state index in [1.807, 2.05) is 26.0 Å². The lowest BCUT2D eigenvalue weighted by Crippen LogP contribution is -1.88. The highest BCUT2D eigenvalue weighted by Crippen LogP contribution is 2.39. The van der Waals surface area contributed by atoms with E-state index in [1.54, 1.807) is 14.2 Å².